The lowest BCUT2D eigenvalue weighted by Crippen LogP contribution is -2.33. The van der Waals surface area contributed by atoms with Crippen LogP contribution in [0.4, 0.5) is 0 Å². The van der Waals surface area contributed by atoms with Crippen LogP contribution in [-0.2, 0) is 4.74 Å². The van der Waals surface area contributed by atoms with Gasteiger partial charge in [0, 0.05) is 11.6 Å². The molecule has 1 aliphatic carbocycles. The molecule has 0 radical (unpaired) electrons. The number of hydrogen-bond acceptors (Lipinski definition) is 2. The van der Waals surface area contributed by atoms with Crippen LogP contribution in [0.15, 0.2) is 24.3 Å². The molecule has 1 fully saturated rings. The monoisotopic (exact) mass is 253 g/mol. The molecule has 3 heteroatoms. The molecule has 1 saturated carbocycles. The van der Waals surface area contributed by atoms with Crippen LogP contribution in [0, 0.1) is 5.92 Å². The van der Waals surface area contributed by atoms with Gasteiger partial charge >= 0.3 is 0 Å². The molecule has 0 aromatic heterocycles. The summed E-state index contributed by atoms with van der Waals surface area (Å²) in [7, 11) is 1.99. The zero-order chi connectivity index (χ0) is 12.3. The van der Waals surface area contributed by atoms with Gasteiger partial charge in [0.05, 0.1) is 12.1 Å². The van der Waals surface area contributed by atoms with E-state index in [1.165, 1.54) is 18.4 Å². The standard InChI is InChI=1S/C14H20ClNO/c1-3-17-14(10-7-8-10)13(16-2)11-5-4-6-12(15)9-11/h4-6,9-10,13-14,16H,3,7-8H2,1-2H3. The van der Waals surface area contributed by atoms with Crippen molar-refractivity contribution < 1.29 is 4.74 Å². The molecule has 0 bridgehead atoms. The smallest absolute Gasteiger partial charge is 0.0797 e. The molecule has 1 N–H and O–H groups in total. The fourth-order valence-corrected chi connectivity index (χ4v) is 2.54. The molecule has 17 heavy (non-hydrogen) atoms. The molecule has 0 heterocycles. The van der Waals surface area contributed by atoms with Crippen molar-refractivity contribution in [1.82, 2.24) is 5.32 Å². The van der Waals surface area contributed by atoms with Gasteiger partial charge in [-0.1, -0.05) is 23.7 Å². The predicted molar refractivity (Wildman–Crippen MR) is 71.4 cm³/mol. The number of nitrogens with one attached hydrogen (secondary N) is 1. The zero-order valence-electron chi connectivity index (χ0n) is 10.4. The van der Waals surface area contributed by atoms with Crippen molar-refractivity contribution in [3.63, 3.8) is 0 Å². The summed E-state index contributed by atoms with van der Waals surface area (Å²) in [6.07, 6.45) is 2.83. The van der Waals surface area contributed by atoms with E-state index in [-0.39, 0.29) is 12.1 Å². The van der Waals surface area contributed by atoms with Crippen molar-refractivity contribution in [1.29, 1.82) is 0 Å². The van der Waals surface area contributed by atoms with Crippen molar-refractivity contribution in [2.75, 3.05) is 13.7 Å². The minimum Gasteiger partial charge on any atom is -0.376 e. The Morgan fingerprint density at radius 3 is 2.76 bits per heavy atom. The molecule has 1 aromatic carbocycles. The van der Waals surface area contributed by atoms with Crippen LogP contribution in [-0.4, -0.2) is 19.8 Å². The van der Waals surface area contributed by atoms with E-state index in [1.54, 1.807) is 0 Å². The Bertz CT molecular complexity index is 365. The van der Waals surface area contributed by atoms with Crippen molar-refractivity contribution in [3.05, 3.63) is 34.9 Å². The van der Waals surface area contributed by atoms with Gasteiger partial charge in [-0.05, 0) is 50.4 Å². The van der Waals surface area contributed by atoms with Crippen LogP contribution in [0.3, 0.4) is 0 Å². The highest BCUT2D eigenvalue weighted by Crippen LogP contribution is 2.40. The van der Waals surface area contributed by atoms with Gasteiger partial charge in [-0.25, -0.2) is 0 Å². The summed E-state index contributed by atoms with van der Waals surface area (Å²) in [6.45, 7) is 2.82. The zero-order valence-corrected chi connectivity index (χ0v) is 11.2. The highest BCUT2D eigenvalue weighted by molar-refractivity contribution is 6.30. The third-order valence-corrected chi connectivity index (χ3v) is 3.53. The minimum atomic E-state index is 0.237. The first kappa shape index (κ1) is 12.9. The number of hydrogen-bond donors (Lipinski definition) is 1. The number of benzene rings is 1. The molecule has 2 rings (SSSR count). The lowest BCUT2D eigenvalue weighted by atomic mass is 9.98. The van der Waals surface area contributed by atoms with Crippen molar-refractivity contribution >= 4 is 11.6 Å². The Labute approximate surface area is 108 Å². The third-order valence-electron chi connectivity index (χ3n) is 3.29. The average Bonchev–Trinajstić information content (AvgIpc) is 3.13. The molecule has 2 atom stereocenters. The quantitative estimate of drug-likeness (QED) is 0.839. The van der Waals surface area contributed by atoms with Gasteiger partial charge in [0.15, 0.2) is 0 Å². The molecule has 2 nitrogen and oxygen atoms in total. The number of ether oxygens (including phenoxy) is 1. The highest BCUT2D eigenvalue weighted by Gasteiger charge is 2.37. The lowest BCUT2D eigenvalue weighted by Gasteiger charge is -2.27. The van der Waals surface area contributed by atoms with Gasteiger partial charge in [0.25, 0.3) is 0 Å². The van der Waals surface area contributed by atoms with E-state index in [4.69, 9.17) is 16.3 Å². The Morgan fingerprint density at radius 1 is 1.47 bits per heavy atom. The number of likely N-dealkylation sites (N-methyl/N-ethyl adjacent to an activating group) is 1. The van der Waals surface area contributed by atoms with Crippen molar-refractivity contribution in [2.24, 2.45) is 5.92 Å². The Hall–Kier alpha value is -0.570. The van der Waals surface area contributed by atoms with E-state index in [1.807, 2.05) is 25.2 Å². The number of rotatable bonds is 6. The third kappa shape index (κ3) is 3.21. The van der Waals surface area contributed by atoms with Crippen LogP contribution in [0.5, 0.6) is 0 Å². The average molecular weight is 254 g/mol. The second-order valence-corrected chi connectivity index (χ2v) is 5.02. The summed E-state index contributed by atoms with van der Waals surface area (Å²) in [5, 5.41) is 4.15. The summed E-state index contributed by atoms with van der Waals surface area (Å²) < 4.78 is 5.91. The molecule has 0 aliphatic heterocycles. The fourth-order valence-electron chi connectivity index (χ4n) is 2.34. The molecule has 0 saturated heterocycles. The van der Waals surface area contributed by atoms with Gasteiger partial charge in [0.1, 0.15) is 0 Å². The van der Waals surface area contributed by atoms with Crippen LogP contribution in [0.2, 0.25) is 5.02 Å². The molecule has 0 amide bonds. The summed E-state index contributed by atoms with van der Waals surface area (Å²) >= 11 is 6.05. The lowest BCUT2D eigenvalue weighted by molar-refractivity contribution is 0.0205. The Kier molecular flexibility index (Phi) is 4.43. The van der Waals surface area contributed by atoms with Crippen molar-refractivity contribution in [2.45, 2.75) is 31.9 Å². The molecule has 94 valence electrons. The summed E-state index contributed by atoms with van der Waals surface area (Å²) in [6, 6.07) is 8.28. The second kappa shape index (κ2) is 5.85. The van der Waals surface area contributed by atoms with E-state index < -0.39 is 0 Å². The largest absolute Gasteiger partial charge is 0.376 e. The normalized spacial score (nSPS) is 19.0. The SMILES string of the molecule is CCOC(C1CC1)C(NC)c1cccc(Cl)c1. The van der Waals surface area contributed by atoms with E-state index in [0.717, 1.165) is 11.6 Å². The summed E-state index contributed by atoms with van der Waals surface area (Å²) in [5.74, 6) is 0.700. The first-order chi connectivity index (χ1) is 8.26. The fraction of sp³-hybridized carbons (Fsp3) is 0.571. The van der Waals surface area contributed by atoms with E-state index in [0.29, 0.717) is 5.92 Å². The molecule has 0 spiro atoms. The maximum Gasteiger partial charge on any atom is 0.0797 e. The van der Waals surface area contributed by atoms with Crippen LogP contribution in [0.25, 0.3) is 0 Å². The molecule has 1 aliphatic rings. The molecule has 2 unspecified atom stereocenters. The van der Waals surface area contributed by atoms with Crippen molar-refractivity contribution in [3.8, 4) is 0 Å². The van der Waals surface area contributed by atoms with Crippen LogP contribution < -0.4 is 5.32 Å². The van der Waals surface area contributed by atoms with Gasteiger partial charge in [-0.15, -0.1) is 0 Å². The first-order valence-corrected chi connectivity index (χ1v) is 6.68. The maximum atomic E-state index is 6.05. The summed E-state index contributed by atoms with van der Waals surface area (Å²) in [4.78, 5) is 0. The van der Waals surface area contributed by atoms with Gasteiger partial charge < -0.3 is 10.1 Å². The van der Waals surface area contributed by atoms with E-state index >= 15 is 0 Å². The van der Waals surface area contributed by atoms with Crippen LogP contribution in [0.1, 0.15) is 31.4 Å². The first-order valence-electron chi connectivity index (χ1n) is 6.30. The minimum absolute atomic E-state index is 0.237. The number of halogens is 1. The van der Waals surface area contributed by atoms with Gasteiger partial charge in [-0.2, -0.15) is 0 Å². The van der Waals surface area contributed by atoms with Crippen LogP contribution >= 0.6 is 11.6 Å². The highest BCUT2D eigenvalue weighted by atomic mass is 35.5. The topological polar surface area (TPSA) is 21.3 Å². The summed E-state index contributed by atoms with van der Waals surface area (Å²) in [5.41, 5.74) is 1.21. The van der Waals surface area contributed by atoms with Gasteiger partial charge in [0.2, 0.25) is 0 Å². The molecule has 1 aromatic rings. The maximum absolute atomic E-state index is 6.05. The van der Waals surface area contributed by atoms with Gasteiger partial charge in [-0.3, -0.25) is 0 Å². The Balaban J connectivity index is 2.18. The second-order valence-electron chi connectivity index (χ2n) is 4.58. The molecular weight excluding hydrogens is 234 g/mol. The van der Waals surface area contributed by atoms with E-state index in [2.05, 4.69) is 18.3 Å². The molecular formula is C14H20ClNO. The predicted octanol–water partition coefficient (Wildman–Crippen LogP) is 3.42. The van der Waals surface area contributed by atoms with E-state index in [9.17, 15) is 0 Å². The Morgan fingerprint density at radius 2 is 2.24 bits per heavy atom.